The Hall–Kier alpha value is -1.59. The third-order valence-electron chi connectivity index (χ3n) is 5.56. The largest absolute Gasteiger partial charge is 0.497 e. The molecule has 3 rings (SSSR count). The number of carboxylic acid groups (broad SMARTS) is 1. The average molecular weight is 318 g/mol. The third-order valence-corrected chi connectivity index (χ3v) is 5.56. The number of carboxylic acids is 1. The van der Waals surface area contributed by atoms with Gasteiger partial charge >= 0.3 is 5.97 Å². The molecule has 1 N–H and O–H groups in total. The number of benzene rings is 1. The second kappa shape index (κ2) is 6.49. The van der Waals surface area contributed by atoms with Crippen molar-refractivity contribution in [2.24, 2.45) is 11.3 Å². The van der Waals surface area contributed by atoms with Crippen molar-refractivity contribution >= 4 is 5.97 Å². The van der Waals surface area contributed by atoms with Crippen LogP contribution >= 0.6 is 0 Å². The molecule has 2 fully saturated rings. The van der Waals surface area contributed by atoms with Gasteiger partial charge in [-0.25, -0.2) is 0 Å². The summed E-state index contributed by atoms with van der Waals surface area (Å²) in [5, 5.41) is 9.69. The topological polar surface area (TPSA) is 53.0 Å². The summed E-state index contributed by atoms with van der Waals surface area (Å²) < 4.78 is 5.19. The Bertz CT molecular complexity index is 550. The number of methoxy groups -OCH3 is 1. The molecule has 23 heavy (non-hydrogen) atoms. The Labute approximate surface area is 137 Å². The van der Waals surface area contributed by atoms with Crippen molar-refractivity contribution in [3.63, 3.8) is 0 Å². The van der Waals surface area contributed by atoms with E-state index in [1.54, 1.807) is 7.11 Å². The van der Waals surface area contributed by atoms with Gasteiger partial charge in [-0.15, -0.1) is 0 Å². The van der Waals surface area contributed by atoms with Crippen LogP contribution in [0.25, 0.3) is 0 Å². The van der Waals surface area contributed by atoms with Gasteiger partial charge in [0.25, 0.3) is 0 Å². The number of nitrogens with zero attached hydrogens (tertiary/aromatic N) is 2. The molecule has 2 saturated heterocycles. The molecule has 0 aliphatic carbocycles. The lowest BCUT2D eigenvalue weighted by Crippen LogP contribution is -2.44. The third kappa shape index (κ3) is 3.35. The highest BCUT2D eigenvalue weighted by Gasteiger charge is 2.50. The van der Waals surface area contributed by atoms with Gasteiger partial charge < -0.3 is 14.7 Å². The van der Waals surface area contributed by atoms with Crippen LogP contribution in [0.2, 0.25) is 0 Å². The molecule has 0 bridgehead atoms. The zero-order valence-corrected chi connectivity index (χ0v) is 14.0. The van der Waals surface area contributed by atoms with Crippen molar-refractivity contribution in [3.05, 3.63) is 29.8 Å². The van der Waals surface area contributed by atoms with Crippen molar-refractivity contribution < 1.29 is 14.6 Å². The first kappa shape index (κ1) is 16.3. The van der Waals surface area contributed by atoms with Crippen LogP contribution in [-0.2, 0) is 11.3 Å². The van der Waals surface area contributed by atoms with Gasteiger partial charge in [0.15, 0.2) is 0 Å². The van der Waals surface area contributed by atoms with E-state index < -0.39 is 5.97 Å². The number of aliphatic carboxylic acids is 1. The molecule has 1 atom stereocenters. The van der Waals surface area contributed by atoms with E-state index in [0.29, 0.717) is 6.54 Å². The minimum absolute atomic E-state index is 0.0508. The standard InChI is InChI=1S/C18H26N2O3/c1-19-9-7-18(8-10-19)13-20(12-16(18)17(21)22)11-14-3-5-15(23-2)6-4-14/h3-6,16H,7-13H2,1-2H3,(H,21,22)/t16-/m1/s1. The van der Waals surface area contributed by atoms with Gasteiger partial charge in [-0.2, -0.15) is 0 Å². The molecular formula is C18H26N2O3. The molecule has 126 valence electrons. The van der Waals surface area contributed by atoms with E-state index in [4.69, 9.17) is 4.74 Å². The summed E-state index contributed by atoms with van der Waals surface area (Å²) in [6.07, 6.45) is 1.97. The average Bonchev–Trinajstić information content (AvgIpc) is 2.90. The Balaban J connectivity index is 1.71. The molecule has 5 nitrogen and oxygen atoms in total. The number of carbonyl (C=O) groups is 1. The molecule has 2 heterocycles. The van der Waals surface area contributed by atoms with Crippen molar-refractivity contribution in [1.82, 2.24) is 9.80 Å². The quantitative estimate of drug-likeness (QED) is 0.919. The van der Waals surface area contributed by atoms with Gasteiger partial charge in [0, 0.05) is 25.0 Å². The van der Waals surface area contributed by atoms with E-state index in [0.717, 1.165) is 44.8 Å². The number of hydrogen-bond donors (Lipinski definition) is 1. The van der Waals surface area contributed by atoms with Gasteiger partial charge in [0.1, 0.15) is 5.75 Å². The van der Waals surface area contributed by atoms with Crippen LogP contribution < -0.4 is 4.74 Å². The number of hydrogen-bond acceptors (Lipinski definition) is 4. The fraction of sp³-hybridized carbons (Fsp3) is 0.611. The highest BCUT2D eigenvalue weighted by atomic mass is 16.5. The van der Waals surface area contributed by atoms with Crippen LogP contribution in [0.4, 0.5) is 0 Å². The number of likely N-dealkylation sites (tertiary alicyclic amines) is 2. The first-order valence-corrected chi connectivity index (χ1v) is 8.29. The van der Waals surface area contributed by atoms with Crippen molar-refractivity contribution in [1.29, 1.82) is 0 Å². The van der Waals surface area contributed by atoms with Gasteiger partial charge in [0.05, 0.1) is 13.0 Å². The van der Waals surface area contributed by atoms with E-state index in [9.17, 15) is 9.90 Å². The highest BCUT2D eigenvalue weighted by molar-refractivity contribution is 5.72. The maximum absolute atomic E-state index is 11.8. The van der Waals surface area contributed by atoms with Crippen LogP contribution in [0.1, 0.15) is 18.4 Å². The lowest BCUT2D eigenvalue weighted by Gasteiger charge is -2.40. The molecular weight excluding hydrogens is 292 g/mol. The summed E-state index contributed by atoms with van der Waals surface area (Å²) >= 11 is 0. The van der Waals surface area contributed by atoms with Gasteiger partial charge in [-0.1, -0.05) is 12.1 Å². The first-order valence-electron chi connectivity index (χ1n) is 8.29. The van der Waals surface area contributed by atoms with Crippen LogP contribution in [-0.4, -0.2) is 61.2 Å². The normalized spacial score (nSPS) is 24.9. The molecule has 0 aromatic heterocycles. The molecule has 0 radical (unpaired) electrons. The van der Waals surface area contributed by atoms with E-state index >= 15 is 0 Å². The summed E-state index contributed by atoms with van der Waals surface area (Å²) in [7, 11) is 3.78. The Morgan fingerprint density at radius 2 is 1.96 bits per heavy atom. The zero-order chi connectivity index (χ0) is 16.4. The SMILES string of the molecule is COc1ccc(CN2C[C@H](C(=O)O)C3(CCN(C)CC3)C2)cc1. The molecule has 0 unspecified atom stereocenters. The van der Waals surface area contributed by atoms with Crippen LogP contribution in [0.15, 0.2) is 24.3 Å². The summed E-state index contributed by atoms with van der Waals surface area (Å²) in [4.78, 5) is 16.4. The van der Waals surface area contributed by atoms with Crippen LogP contribution in [0, 0.1) is 11.3 Å². The summed E-state index contributed by atoms with van der Waals surface area (Å²) in [5.41, 5.74) is 1.16. The fourth-order valence-corrected chi connectivity index (χ4v) is 4.09. The first-order chi connectivity index (χ1) is 11.0. The number of ether oxygens (including phenoxy) is 1. The second-order valence-electron chi connectivity index (χ2n) is 7.07. The lowest BCUT2D eigenvalue weighted by atomic mass is 9.71. The Morgan fingerprint density at radius 3 is 2.52 bits per heavy atom. The molecule has 5 heteroatoms. The van der Waals surface area contributed by atoms with E-state index in [2.05, 4.69) is 29.0 Å². The van der Waals surface area contributed by atoms with Gasteiger partial charge in [-0.05, 0) is 50.7 Å². The zero-order valence-electron chi connectivity index (χ0n) is 14.0. The van der Waals surface area contributed by atoms with Gasteiger partial charge in [0.2, 0.25) is 0 Å². The summed E-state index contributed by atoms with van der Waals surface area (Å²) in [5.74, 6) is -0.0217. The molecule has 0 amide bonds. The molecule has 2 aliphatic rings. The van der Waals surface area contributed by atoms with Crippen molar-refractivity contribution in [2.45, 2.75) is 19.4 Å². The lowest BCUT2D eigenvalue weighted by molar-refractivity contribution is -0.145. The minimum Gasteiger partial charge on any atom is -0.497 e. The maximum atomic E-state index is 11.8. The summed E-state index contributed by atoms with van der Waals surface area (Å²) in [6, 6.07) is 8.05. The maximum Gasteiger partial charge on any atom is 0.308 e. The van der Waals surface area contributed by atoms with E-state index in [1.807, 2.05) is 12.1 Å². The van der Waals surface area contributed by atoms with Crippen LogP contribution in [0.5, 0.6) is 5.75 Å². The van der Waals surface area contributed by atoms with Crippen molar-refractivity contribution in [2.75, 3.05) is 40.3 Å². The van der Waals surface area contributed by atoms with Crippen LogP contribution in [0.3, 0.4) is 0 Å². The predicted molar refractivity (Wildman–Crippen MR) is 88.6 cm³/mol. The molecule has 1 aromatic carbocycles. The Kier molecular flexibility index (Phi) is 4.60. The van der Waals surface area contributed by atoms with E-state index in [1.165, 1.54) is 5.56 Å². The smallest absolute Gasteiger partial charge is 0.308 e. The number of rotatable bonds is 4. The van der Waals surface area contributed by atoms with E-state index in [-0.39, 0.29) is 11.3 Å². The fourth-order valence-electron chi connectivity index (χ4n) is 4.09. The van der Waals surface area contributed by atoms with Crippen molar-refractivity contribution in [3.8, 4) is 5.75 Å². The molecule has 1 spiro atoms. The summed E-state index contributed by atoms with van der Waals surface area (Å²) in [6.45, 7) is 4.36. The molecule has 2 aliphatic heterocycles. The molecule has 0 saturated carbocycles. The number of piperidine rings is 1. The minimum atomic E-state index is -0.633. The highest BCUT2D eigenvalue weighted by Crippen LogP contribution is 2.45. The monoisotopic (exact) mass is 318 g/mol. The predicted octanol–water partition coefficient (Wildman–Crippen LogP) is 1.92. The second-order valence-corrected chi connectivity index (χ2v) is 7.07. The Morgan fingerprint density at radius 1 is 1.30 bits per heavy atom. The molecule has 1 aromatic rings. The van der Waals surface area contributed by atoms with Gasteiger partial charge in [-0.3, -0.25) is 9.69 Å².